The molecule has 7 heteroatoms. The maximum absolute atomic E-state index is 12.3. The van der Waals surface area contributed by atoms with Gasteiger partial charge in [-0.2, -0.15) is 13.2 Å². The maximum Gasteiger partial charge on any atom is 0.404 e. The Morgan fingerprint density at radius 1 is 1.50 bits per heavy atom. The zero-order valence-corrected chi connectivity index (χ0v) is 7.16. The van der Waals surface area contributed by atoms with E-state index in [1.165, 1.54) is 0 Å². The van der Waals surface area contributed by atoms with E-state index >= 15 is 0 Å². The van der Waals surface area contributed by atoms with Crippen LogP contribution < -0.4 is 0 Å². The SMILES string of the molecule is O=C(O)CC(N1CC(O)C1)C(F)(F)F. The average Bonchev–Trinajstić information content (AvgIpc) is 1.92. The minimum absolute atomic E-state index is 0.114. The Bertz CT molecular complexity index is 225. The molecular weight excluding hydrogens is 203 g/mol. The molecule has 1 atom stereocenters. The molecule has 0 aliphatic carbocycles. The third-order valence-corrected chi connectivity index (χ3v) is 2.08. The number of aliphatic carboxylic acids is 1. The molecule has 1 aliphatic heterocycles. The van der Waals surface area contributed by atoms with E-state index in [0.717, 1.165) is 4.90 Å². The van der Waals surface area contributed by atoms with Crippen LogP contribution in [0.25, 0.3) is 0 Å². The molecule has 0 bridgehead atoms. The van der Waals surface area contributed by atoms with Crippen LogP contribution in [-0.2, 0) is 4.79 Å². The maximum atomic E-state index is 12.3. The lowest BCUT2D eigenvalue weighted by Gasteiger charge is -2.41. The summed E-state index contributed by atoms with van der Waals surface area (Å²) in [5, 5.41) is 17.1. The van der Waals surface area contributed by atoms with Crippen LogP contribution in [0.2, 0.25) is 0 Å². The van der Waals surface area contributed by atoms with E-state index in [1.54, 1.807) is 0 Å². The fraction of sp³-hybridized carbons (Fsp3) is 0.857. The zero-order valence-electron chi connectivity index (χ0n) is 7.16. The molecule has 0 saturated carbocycles. The molecule has 14 heavy (non-hydrogen) atoms. The Morgan fingerprint density at radius 2 is 2.00 bits per heavy atom. The monoisotopic (exact) mass is 213 g/mol. The first-order valence-electron chi connectivity index (χ1n) is 4.01. The minimum Gasteiger partial charge on any atom is -0.481 e. The highest BCUT2D eigenvalue weighted by atomic mass is 19.4. The highest BCUT2D eigenvalue weighted by Crippen LogP contribution is 2.30. The number of aliphatic hydroxyl groups is 1. The van der Waals surface area contributed by atoms with Crippen molar-refractivity contribution in [3.8, 4) is 0 Å². The minimum atomic E-state index is -4.56. The summed E-state index contributed by atoms with van der Waals surface area (Å²) in [6, 6.07) is -1.98. The summed E-state index contributed by atoms with van der Waals surface area (Å²) in [6.07, 6.45) is -6.30. The first-order chi connectivity index (χ1) is 6.30. The predicted molar refractivity (Wildman–Crippen MR) is 39.7 cm³/mol. The van der Waals surface area contributed by atoms with Gasteiger partial charge in [-0.1, -0.05) is 0 Å². The van der Waals surface area contributed by atoms with Crippen LogP contribution in [0.15, 0.2) is 0 Å². The number of aliphatic hydroxyl groups excluding tert-OH is 1. The highest BCUT2D eigenvalue weighted by molar-refractivity contribution is 5.67. The fourth-order valence-corrected chi connectivity index (χ4v) is 1.36. The van der Waals surface area contributed by atoms with E-state index < -0.39 is 30.7 Å². The molecule has 0 aromatic heterocycles. The molecule has 4 nitrogen and oxygen atoms in total. The van der Waals surface area contributed by atoms with Crippen molar-refractivity contribution in [3.63, 3.8) is 0 Å². The zero-order chi connectivity index (χ0) is 10.9. The second kappa shape index (κ2) is 3.74. The summed E-state index contributed by atoms with van der Waals surface area (Å²) >= 11 is 0. The van der Waals surface area contributed by atoms with Crippen LogP contribution in [0.3, 0.4) is 0 Å². The lowest BCUT2D eigenvalue weighted by molar-refractivity contribution is -0.209. The van der Waals surface area contributed by atoms with E-state index in [-0.39, 0.29) is 13.1 Å². The molecular formula is C7H10F3NO3. The van der Waals surface area contributed by atoms with Gasteiger partial charge in [-0.15, -0.1) is 0 Å². The number of halogens is 3. The van der Waals surface area contributed by atoms with Crippen molar-refractivity contribution in [2.75, 3.05) is 13.1 Å². The summed E-state index contributed by atoms with van der Waals surface area (Å²) in [6.45, 7) is -0.227. The summed E-state index contributed by atoms with van der Waals surface area (Å²) in [5.74, 6) is -1.49. The Kier molecular flexibility index (Phi) is 3.01. The van der Waals surface area contributed by atoms with Crippen molar-refractivity contribution in [2.45, 2.75) is 24.7 Å². The van der Waals surface area contributed by atoms with E-state index in [1.807, 2.05) is 0 Å². The van der Waals surface area contributed by atoms with Crippen LogP contribution in [0, 0.1) is 0 Å². The van der Waals surface area contributed by atoms with Crippen LogP contribution in [0.1, 0.15) is 6.42 Å². The number of carboxylic acid groups (broad SMARTS) is 1. The fourth-order valence-electron chi connectivity index (χ4n) is 1.36. The largest absolute Gasteiger partial charge is 0.481 e. The number of hydrogen-bond acceptors (Lipinski definition) is 3. The second-order valence-corrected chi connectivity index (χ2v) is 3.26. The van der Waals surface area contributed by atoms with E-state index in [0.29, 0.717) is 0 Å². The van der Waals surface area contributed by atoms with Crippen LogP contribution in [0.4, 0.5) is 13.2 Å². The Labute approximate surface area is 77.9 Å². The van der Waals surface area contributed by atoms with Crippen molar-refractivity contribution < 1.29 is 28.2 Å². The van der Waals surface area contributed by atoms with Crippen LogP contribution in [0.5, 0.6) is 0 Å². The molecule has 0 aromatic rings. The number of hydrogen-bond donors (Lipinski definition) is 2. The standard InChI is InChI=1S/C7H10F3NO3/c8-7(9,10)5(1-6(13)14)11-2-4(12)3-11/h4-5,12H,1-3H2,(H,13,14). The molecule has 1 fully saturated rings. The number of rotatable bonds is 3. The molecule has 1 saturated heterocycles. The number of alkyl halides is 3. The number of β-amino-alcohol motifs (C(OH)–C–C–N with tert-alkyl or cyclic N) is 1. The van der Waals surface area contributed by atoms with Gasteiger partial charge in [0.1, 0.15) is 6.04 Å². The van der Waals surface area contributed by atoms with Gasteiger partial charge in [-0.05, 0) is 0 Å². The quantitative estimate of drug-likeness (QED) is 0.696. The van der Waals surface area contributed by atoms with Crippen molar-refractivity contribution >= 4 is 5.97 Å². The van der Waals surface area contributed by atoms with Crippen molar-refractivity contribution in [2.24, 2.45) is 0 Å². The van der Waals surface area contributed by atoms with Gasteiger partial charge in [-0.25, -0.2) is 0 Å². The number of nitrogens with zero attached hydrogens (tertiary/aromatic N) is 1. The van der Waals surface area contributed by atoms with Gasteiger partial charge in [0, 0.05) is 13.1 Å². The average molecular weight is 213 g/mol. The molecule has 0 spiro atoms. The van der Waals surface area contributed by atoms with Gasteiger partial charge in [0.05, 0.1) is 12.5 Å². The summed E-state index contributed by atoms with van der Waals surface area (Å²) in [4.78, 5) is 11.1. The van der Waals surface area contributed by atoms with Crippen LogP contribution in [-0.4, -0.2) is 52.5 Å². The molecule has 1 unspecified atom stereocenters. The van der Waals surface area contributed by atoms with E-state index in [9.17, 15) is 18.0 Å². The van der Waals surface area contributed by atoms with E-state index in [2.05, 4.69) is 0 Å². The molecule has 0 aromatic carbocycles. The summed E-state index contributed by atoms with van der Waals surface area (Å²) in [7, 11) is 0. The van der Waals surface area contributed by atoms with Gasteiger partial charge < -0.3 is 10.2 Å². The lowest BCUT2D eigenvalue weighted by Crippen LogP contribution is -2.60. The second-order valence-electron chi connectivity index (χ2n) is 3.26. The van der Waals surface area contributed by atoms with Gasteiger partial charge >= 0.3 is 12.1 Å². The number of carbonyl (C=O) groups is 1. The van der Waals surface area contributed by atoms with Crippen molar-refractivity contribution in [1.82, 2.24) is 4.90 Å². The topological polar surface area (TPSA) is 60.8 Å². The molecule has 0 radical (unpaired) electrons. The third kappa shape index (κ3) is 2.58. The van der Waals surface area contributed by atoms with Crippen molar-refractivity contribution in [3.05, 3.63) is 0 Å². The summed E-state index contributed by atoms with van der Waals surface area (Å²) in [5.41, 5.74) is 0. The molecule has 0 amide bonds. The summed E-state index contributed by atoms with van der Waals surface area (Å²) < 4.78 is 36.9. The Balaban J connectivity index is 2.58. The Morgan fingerprint density at radius 3 is 2.29 bits per heavy atom. The highest BCUT2D eigenvalue weighted by Gasteiger charge is 2.48. The first kappa shape index (κ1) is 11.3. The normalized spacial score (nSPS) is 21.7. The Hall–Kier alpha value is -0.820. The predicted octanol–water partition coefficient (Wildman–Crippen LogP) is 0.0685. The molecule has 1 aliphatic rings. The smallest absolute Gasteiger partial charge is 0.404 e. The van der Waals surface area contributed by atoms with Gasteiger partial charge in [-0.3, -0.25) is 9.69 Å². The molecule has 2 N–H and O–H groups in total. The number of carboxylic acids is 1. The first-order valence-corrected chi connectivity index (χ1v) is 4.01. The number of likely N-dealkylation sites (tertiary alicyclic amines) is 1. The van der Waals surface area contributed by atoms with E-state index in [4.69, 9.17) is 10.2 Å². The third-order valence-electron chi connectivity index (χ3n) is 2.08. The molecule has 82 valence electrons. The van der Waals surface area contributed by atoms with Gasteiger partial charge in [0.15, 0.2) is 0 Å². The van der Waals surface area contributed by atoms with Gasteiger partial charge in [0.25, 0.3) is 0 Å². The lowest BCUT2D eigenvalue weighted by atomic mass is 10.0. The van der Waals surface area contributed by atoms with Crippen LogP contribution >= 0.6 is 0 Å². The van der Waals surface area contributed by atoms with Crippen molar-refractivity contribution in [1.29, 1.82) is 0 Å². The molecule has 1 heterocycles. The van der Waals surface area contributed by atoms with Gasteiger partial charge in [0.2, 0.25) is 0 Å². The molecule has 1 rings (SSSR count).